The Labute approximate surface area is 190 Å². The molecule has 0 fully saturated rings. The highest BCUT2D eigenvalue weighted by molar-refractivity contribution is 8.01. The number of benzene rings is 3. The van der Waals surface area contributed by atoms with Crippen LogP contribution in [0.1, 0.15) is 44.4 Å². The molecule has 0 radical (unpaired) electrons. The molecule has 1 unspecified atom stereocenters. The van der Waals surface area contributed by atoms with E-state index in [1.165, 1.54) is 16.7 Å². The summed E-state index contributed by atoms with van der Waals surface area (Å²) in [7, 11) is 0. The maximum atomic E-state index is 12.2. The highest BCUT2D eigenvalue weighted by Crippen LogP contribution is 2.50. The van der Waals surface area contributed by atoms with E-state index in [1.54, 1.807) is 11.8 Å². The molecule has 0 aliphatic rings. The van der Waals surface area contributed by atoms with Gasteiger partial charge >= 0.3 is 6.09 Å². The van der Waals surface area contributed by atoms with Gasteiger partial charge in [0.25, 0.3) is 0 Å². The normalized spacial score (nSPS) is 12.8. The lowest BCUT2D eigenvalue weighted by atomic mass is 9.84. The van der Waals surface area contributed by atoms with Crippen LogP contribution >= 0.6 is 11.8 Å². The van der Waals surface area contributed by atoms with Gasteiger partial charge in [-0.25, -0.2) is 4.79 Å². The quantitative estimate of drug-likeness (QED) is 0.425. The zero-order valence-electron chi connectivity index (χ0n) is 18.7. The van der Waals surface area contributed by atoms with E-state index >= 15 is 0 Å². The van der Waals surface area contributed by atoms with Gasteiger partial charge < -0.3 is 10.1 Å². The first kappa shape index (κ1) is 23.0. The lowest BCUT2D eigenvalue weighted by molar-refractivity contribution is 0.139. The molecule has 0 bridgehead atoms. The number of carbonyl (C=O) groups is 1. The molecule has 1 N–H and O–H groups in total. The Morgan fingerprint density at radius 3 is 1.55 bits per heavy atom. The molecule has 3 aromatic carbocycles. The topological polar surface area (TPSA) is 38.3 Å². The molecule has 0 saturated heterocycles. The molecule has 0 spiro atoms. The van der Waals surface area contributed by atoms with Crippen molar-refractivity contribution in [2.45, 2.75) is 43.2 Å². The Bertz CT molecular complexity index is 856. The van der Waals surface area contributed by atoms with E-state index in [9.17, 15) is 4.79 Å². The molecule has 3 aromatic rings. The van der Waals surface area contributed by atoms with Crippen LogP contribution in [0.4, 0.5) is 4.79 Å². The zero-order chi connectivity index (χ0) is 22.3. The molecular weight excluding hydrogens is 402 g/mol. The van der Waals surface area contributed by atoms with Gasteiger partial charge in [0, 0.05) is 10.8 Å². The fraction of sp³-hybridized carbons (Fsp3) is 0.296. The van der Waals surface area contributed by atoms with Gasteiger partial charge in [0.05, 0.1) is 4.75 Å². The van der Waals surface area contributed by atoms with Crippen LogP contribution in [0.3, 0.4) is 0 Å². The number of rotatable bonds is 7. The third kappa shape index (κ3) is 5.92. The Morgan fingerprint density at radius 1 is 0.806 bits per heavy atom. The Hall–Kier alpha value is -2.72. The average Bonchev–Trinajstić information content (AvgIpc) is 2.77. The Kier molecular flexibility index (Phi) is 7.45. The fourth-order valence-corrected chi connectivity index (χ4v) is 5.15. The van der Waals surface area contributed by atoms with Crippen molar-refractivity contribution in [2.24, 2.45) is 0 Å². The summed E-state index contributed by atoms with van der Waals surface area (Å²) < 4.78 is 5.14. The molecule has 0 saturated carbocycles. The number of ether oxygens (including phenoxy) is 1. The summed E-state index contributed by atoms with van der Waals surface area (Å²) in [5.41, 5.74) is 3.27. The highest BCUT2D eigenvalue weighted by Gasteiger charge is 2.38. The van der Waals surface area contributed by atoms with E-state index in [0.717, 1.165) is 0 Å². The van der Waals surface area contributed by atoms with E-state index < -0.39 is 4.75 Å². The number of alkyl carbamates (subject to hydrolysis) is 1. The maximum Gasteiger partial charge on any atom is 0.407 e. The third-order valence-corrected chi connectivity index (χ3v) is 6.44. The second-order valence-electron chi connectivity index (χ2n) is 8.68. The van der Waals surface area contributed by atoms with Crippen LogP contribution in [0.25, 0.3) is 0 Å². The van der Waals surface area contributed by atoms with E-state index in [0.29, 0.717) is 6.61 Å². The lowest BCUT2D eigenvalue weighted by Gasteiger charge is -2.37. The van der Waals surface area contributed by atoms with Crippen molar-refractivity contribution in [1.29, 1.82) is 0 Å². The third-order valence-electron chi connectivity index (χ3n) is 4.85. The second-order valence-corrected chi connectivity index (χ2v) is 10.3. The van der Waals surface area contributed by atoms with E-state index in [1.807, 2.05) is 39.0 Å². The summed E-state index contributed by atoms with van der Waals surface area (Å²) in [6.45, 7) is 8.26. The molecular formula is C27H31NO2S. The van der Waals surface area contributed by atoms with Crippen molar-refractivity contribution in [3.8, 4) is 0 Å². The minimum atomic E-state index is -0.424. The standard InChI is InChI=1S/C27H31NO2S/c1-21(20-30-25(29)28-26(2,3)4)31-27(22-14-8-5-9-15-22,23-16-10-6-11-17-23)24-18-12-7-13-19-24/h5-19,21H,20H2,1-4H3,(H,28,29). The second kappa shape index (κ2) is 10.1. The molecule has 0 aliphatic heterocycles. The number of amides is 1. The van der Waals surface area contributed by atoms with Gasteiger partial charge in [-0.05, 0) is 44.4 Å². The first-order valence-electron chi connectivity index (χ1n) is 10.6. The summed E-state index contributed by atoms with van der Waals surface area (Å²) in [6.07, 6.45) is -0.385. The Balaban J connectivity index is 1.97. The number of nitrogens with one attached hydrogen (secondary N) is 1. The van der Waals surface area contributed by atoms with Gasteiger partial charge in [-0.3, -0.25) is 0 Å². The van der Waals surface area contributed by atoms with E-state index in [2.05, 4.69) is 85.0 Å². The minimum absolute atomic E-state index is 0.0614. The van der Waals surface area contributed by atoms with Crippen molar-refractivity contribution >= 4 is 17.9 Å². The van der Waals surface area contributed by atoms with Crippen molar-refractivity contribution in [3.05, 3.63) is 108 Å². The maximum absolute atomic E-state index is 12.2. The molecule has 31 heavy (non-hydrogen) atoms. The predicted octanol–water partition coefficient (Wildman–Crippen LogP) is 6.62. The SMILES string of the molecule is CC(COC(=O)NC(C)(C)C)SC(c1ccccc1)(c1ccccc1)c1ccccc1. The van der Waals surface area contributed by atoms with Gasteiger partial charge in [-0.2, -0.15) is 0 Å². The monoisotopic (exact) mass is 433 g/mol. The smallest absolute Gasteiger partial charge is 0.407 e. The summed E-state index contributed by atoms with van der Waals surface area (Å²) in [5, 5.41) is 2.92. The van der Waals surface area contributed by atoms with Crippen LogP contribution in [0.5, 0.6) is 0 Å². The molecule has 162 valence electrons. The van der Waals surface area contributed by atoms with Crippen LogP contribution in [0.15, 0.2) is 91.0 Å². The first-order chi connectivity index (χ1) is 14.8. The van der Waals surface area contributed by atoms with Crippen LogP contribution in [0, 0.1) is 0 Å². The molecule has 1 amide bonds. The van der Waals surface area contributed by atoms with Gasteiger partial charge in [-0.15, -0.1) is 11.8 Å². The Morgan fingerprint density at radius 2 is 1.19 bits per heavy atom. The molecule has 3 rings (SSSR count). The summed E-state index contributed by atoms with van der Waals surface area (Å²) >= 11 is 1.81. The first-order valence-corrected chi connectivity index (χ1v) is 11.5. The number of thioether (sulfide) groups is 1. The van der Waals surface area contributed by atoms with Crippen molar-refractivity contribution in [3.63, 3.8) is 0 Å². The lowest BCUT2D eigenvalue weighted by Crippen LogP contribution is -2.41. The van der Waals surface area contributed by atoms with Crippen molar-refractivity contribution in [2.75, 3.05) is 6.61 Å². The number of hydrogen-bond acceptors (Lipinski definition) is 3. The van der Waals surface area contributed by atoms with Gasteiger partial charge in [0.2, 0.25) is 0 Å². The van der Waals surface area contributed by atoms with Crippen molar-refractivity contribution < 1.29 is 9.53 Å². The van der Waals surface area contributed by atoms with Crippen LogP contribution in [-0.4, -0.2) is 23.5 Å². The largest absolute Gasteiger partial charge is 0.448 e. The number of carbonyl (C=O) groups excluding carboxylic acids is 1. The zero-order valence-corrected chi connectivity index (χ0v) is 19.5. The summed E-state index contributed by atoms with van der Waals surface area (Å²) in [4.78, 5) is 12.2. The highest BCUT2D eigenvalue weighted by atomic mass is 32.2. The van der Waals surface area contributed by atoms with E-state index in [-0.39, 0.29) is 16.9 Å². The predicted molar refractivity (Wildman–Crippen MR) is 130 cm³/mol. The minimum Gasteiger partial charge on any atom is -0.448 e. The van der Waals surface area contributed by atoms with Gasteiger partial charge in [0.15, 0.2) is 0 Å². The van der Waals surface area contributed by atoms with E-state index in [4.69, 9.17) is 4.74 Å². The van der Waals surface area contributed by atoms with Crippen molar-refractivity contribution in [1.82, 2.24) is 5.32 Å². The van der Waals surface area contributed by atoms with Gasteiger partial charge in [0.1, 0.15) is 6.61 Å². The van der Waals surface area contributed by atoms with Gasteiger partial charge in [-0.1, -0.05) is 91.0 Å². The molecule has 4 heteroatoms. The summed E-state index contributed by atoms with van der Waals surface area (Å²) in [6, 6.07) is 31.6. The van der Waals surface area contributed by atoms with Crippen LogP contribution in [0.2, 0.25) is 0 Å². The fourth-order valence-electron chi connectivity index (χ4n) is 3.59. The van der Waals surface area contributed by atoms with Crippen LogP contribution < -0.4 is 5.32 Å². The average molecular weight is 434 g/mol. The molecule has 0 aromatic heterocycles. The molecule has 3 nitrogen and oxygen atoms in total. The summed E-state index contributed by atoms with van der Waals surface area (Å²) in [5.74, 6) is 0. The van der Waals surface area contributed by atoms with Crippen LogP contribution in [-0.2, 0) is 9.48 Å². The molecule has 0 heterocycles. The number of hydrogen-bond donors (Lipinski definition) is 1. The molecule has 0 aliphatic carbocycles. The molecule has 1 atom stereocenters.